The number of halogens is 1. The molecular formula is C13H16BrNO2. The number of rotatable bonds is 3. The number of aryl methyl sites for hydroxylation is 1. The molecular weight excluding hydrogens is 282 g/mol. The molecule has 1 aliphatic rings. The van der Waals surface area contributed by atoms with E-state index in [-0.39, 0.29) is 12.0 Å². The van der Waals surface area contributed by atoms with Crippen LogP contribution in [0.1, 0.15) is 24.0 Å². The van der Waals surface area contributed by atoms with Crippen molar-refractivity contribution in [2.75, 3.05) is 6.61 Å². The summed E-state index contributed by atoms with van der Waals surface area (Å²) in [6, 6.07) is 6.07. The van der Waals surface area contributed by atoms with Crippen molar-refractivity contribution in [1.82, 2.24) is 5.32 Å². The van der Waals surface area contributed by atoms with Gasteiger partial charge in [0.15, 0.2) is 0 Å². The Morgan fingerprint density at radius 2 is 2.41 bits per heavy atom. The zero-order valence-corrected chi connectivity index (χ0v) is 11.4. The van der Waals surface area contributed by atoms with Crippen LogP contribution >= 0.6 is 15.9 Å². The van der Waals surface area contributed by atoms with E-state index in [4.69, 9.17) is 4.74 Å². The van der Waals surface area contributed by atoms with Crippen molar-refractivity contribution in [3.8, 4) is 0 Å². The topological polar surface area (TPSA) is 38.3 Å². The molecule has 1 atom stereocenters. The van der Waals surface area contributed by atoms with E-state index in [0.29, 0.717) is 13.2 Å². The van der Waals surface area contributed by atoms with E-state index < -0.39 is 0 Å². The van der Waals surface area contributed by atoms with Gasteiger partial charge in [0.25, 0.3) is 0 Å². The van der Waals surface area contributed by atoms with Crippen molar-refractivity contribution < 1.29 is 9.53 Å². The van der Waals surface area contributed by atoms with Crippen molar-refractivity contribution in [3.63, 3.8) is 0 Å². The lowest BCUT2D eigenvalue weighted by molar-refractivity contribution is -0.130. The summed E-state index contributed by atoms with van der Waals surface area (Å²) in [5.41, 5.74) is 2.31. The van der Waals surface area contributed by atoms with Crippen LogP contribution in [0.25, 0.3) is 0 Å². The van der Waals surface area contributed by atoms with E-state index in [1.165, 1.54) is 5.56 Å². The first-order valence-electron chi connectivity index (χ1n) is 5.81. The molecule has 0 bridgehead atoms. The largest absolute Gasteiger partial charge is 0.368 e. The number of amides is 1. The third-order valence-electron chi connectivity index (χ3n) is 2.99. The van der Waals surface area contributed by atoms with E-state index in [2.05, 4.69) is 21.2 Å². The summed E-state index contributed by atoms with van der Waals surface area (Å²) < 4.78 is 6.37. The normalized spacial score (nSPS) is 19.3. The van der Waals surface area contributed by atoms with Crippen LogP contribution in [-0.2, 0) is 16.1 Å². The minimum Gasteiger partial charge on any atom is -0.368 e. The highest BCUT2D eigenvalue weighted by atomic mass is 79.9. The van der Waals surface area contributed by atoms with E-state index in [9.17, 15) is 4.79 Å². The number of carbonyl (C=O) groups is 1. The Kier molecular flexibility index (Phi) is 4.18. The van der Waals surface area contributed by atoms with Crippen LogP contribution < -0.4 is 5.32 Å². The molecule has 1 N–H and O–H groups in total. The monoisotopic (exact) mass is 297 g/mol. The van der Waals surface area contributed by atoms with E-state index in [1.54, 1.807) is 0 Å². The van der Waals surface area contributed by atoms with Crippen LogP contribution in [0.4, 0.5) is 0 Å². The molecule has 0 aromatic heterocycles. The number of hydrogen-bond acceptors (Lipinski definition) is 2. The Hall–Kier alpha value is -0.870. The summed E-state index contributed by atoms with van der Waals surface area (Å²) in [6.45, 7) is 3.30. The van der Waals surface area contributed by atoms with Crippen molar-refractivity contribution in [2.24, 2.45) is 0 Å². The summed E-state index contributed by atoms with van der Waals surface area (Å²) in [5.74, 6) is 0.00174. The lowest BCUT2D eigenvalue weighted by Crippen LogP contribution is -2.33. The first-order chi connectivity index (χ1) is 8.16. The van der Waals surface area contributed by atoms with Crippen molar-refractivity contribution in [3.05, 3.63) is 33.8 Å². The van der Waals surface area contributed by atoms with Gasteiger partial charge in [0.2, 0.25) is 5.91 Å². The van der Waals surface area contributed by atoms with Crippen LogP contribution in [0.5, 0.6) is 0 Å². The zero-order valence-electron chi connectivity index (χ0n) is 9.83. The molecule has 0 saturated carbocycles. The SMILES string of the molecule is Cc1ccc(Br)cc1CNC(=O)[C@@H]1CCCO1. The van der Waals surface area contributed by atoms with Crippen LogP contribution in [0.2, 0.25) is 0 Å². The van der Waals surface area contributed by atoms with E-state index in [1.807, 2.05) is 25.1 Å². The van der Waals surface area contributed by atoms with Gasteiger partial charge in [0.05, 0.1) is 0 Å². The first kappa shape index (κ1) is 12.6. The molecule has 0 unspecified atom stereocenters. The predicted octanol–water partition coefficient (Wildman–Crippen LogP) is 2.55. The molecule has 0 radical (unpaired) electrons. The van der Waals surface area contributed by atoms with Gasteiger partial charge in [0, 0.05) is 17.6 Å². The Labute approximate surface area is 110 Å². The molecule has 1 saturated heterocycles. The summed E-state index contributed by atoms with van der Waals surface area (Å²) in [4.78, 5) is 11.8. The van der Waals surface area contributed by atoms with Gasteiger partial charge in [0.1, 0.15) is 6.10 Å². The first-order valence-corrected chi connectivity index (χ1v) is 6.60. The van der Waals surface area contributed by atoms with Gasteiger partial charge in [-0.25, -0.2) is 0 Å². The number of benzene rings is 1. The summed E-state index contributed by atoms with van der Waals surface area (Å²) >= 11 is 3.43. The van der Waals surface area contributed by atoms with Crippen LogP contribution in [0.15, 0.2) is 22.7 Å². The smallest absolute Gasteiger partial charge is 0.249 e. The summed E-state index contributed by atoms with van der Waals surface area (Å²) in [7, 11) is 0. The number of ether oxygens (including phenoxy) is 1. The maximum Gasteiger partial charge on any atom is 0.249 e. The lowest BCUT2D eigenvalue weighted by Gasteiger charge is -2.12. The standard InChI is InChI=1S/C13H16BrNO2/c1-9-4-5-11(14)7-10(9)8-15-13(16)12-3-2-6-17-12/h4-5,7,12H,2-3,6,8H2,1H3,(H,15,16)/t12-/m0/s1. The number of nitrogens with one attached hydrogen (secondary N) is 1. The molecule has 4 heteroatoms. The fourth-order valence-corrected chi connectivity index (χ4v) is 2.32. The van der Waals surface area contributed by atoms with Gasteiger partial charge in [-0.2, -0.15) is 0 Å². The highest BCUT2D eigenvalue weighted by molar-refractivity contribution is 9.10. The second kappa shape index (κ2) is 5.65. The Bertz CT molecular complexity index is 414. The number of hydrogen-bond donors (Lipinski definition) is 1. The second-order valence-corrected chi connectivity index (χ2v) is 5.21. The van der Waals surface area contributed by atoms with Crippen LogP contribution in [0.3, 0.4) is 0 Å². The molecule has 1 aromatic rings. The van der Waals surface area contributed by atoms with Crippen LogP contribution in [0, 0.1) is 6.92 Å². The van der Waals surface area contributed by atoms with E-state index in [0.717, 1.165) is 22.9 Å². The number of carbonyl (C=O) groups excluding carboxylic acids is 1. The quantitative estimate of drug-likeness (QED) is 0.931. The lowest BCUT2D eigenvalue weighted by atomic mass is 10.1. The minimum atomic E-state index is -0.248. The van der Waals surface area contributed by atoms with Gasteiger partial charge >= 0.3 is 0 Å². The maximum atomic E-state index is 11.8. The Morgan fingerprint density at radius 3 is 3.12 bits per heavy atom. The molecule has 1 fully saturated rings. The zero-order chi connectivity index (χ0) is 12.3. The van der Waals surface area contributed by atoms with Gasteiger partial charge in [-0.05, 0) is 43.0 Å². The molecule has 1 aromatic carbocycles. The molecule has 2 rings (SSSR count). The third kappa shape index (κ3) is 3.30. The highest BCUT2D eigenvalue weighted by Crippen LogP contribution is 2.16. The Morgan fingerprint density at radius 1 is 1.59 bits per heavy atom. The average molecular weight is 298 g/mol. The molecule has 1 heterocycles. The van der Waals surface area contributed by atoms with E-state index >= 15 is 0 Å². The third-order valence-corrected chi connectivity index (χ3v) is 3.48. The van der Waals surface area contributed by atoms with Crippen molar-refractivity contribution in [1.29, 1.82) is 0 Å². The van der Waals surface area contributed by atoms with Gasteiger partial charge in [-0.1, -0.05) is 22.0 Å². The van der Waals surface area contributed by atoms with Gasteiger partial charge in [-0.15, -0.1) is 0 Å². The molecule has 1 amide bonds. The van der Waals surface area contributed by atoms with Crippen LogP contribution in [-0.4, -0.2) is 18.6 Å². The fourth-order valence-electron chi connectivity index (χ4n) is 1.91. The minimum absolute atomic E-state index is 0.00174. The molecule has 92 valence electrons. The Balaban J connectivity index is 1.92. The molecule has 1 aliphatic heterocycles. The van der Waals surface area contributed by atoms with Crippen molar-refractivity contribution >= 4 is 21.8 Å². The maximum absolute atomic E-state index is 11.8. The molecule has 0 aliphatic carbocycles. The second-order valence-electron chi connectivity index (χ2n) is 4.29. The fraction of sp³-hybridized carbons (Fsp3) is 0.462. The summed E-state index contributed by atoms with van der Waals surface area (Å²) in [5, 5.41) is 2.92. The van der Waals surface area contributed by atoms with Gasteiger partial charge < -0.3 is 10.1 Å². The average Bonchev–Trinajstić information content (AvgIpc) is 2.83. The molecule has 3 nitrogen and oxygen atoms in total. The summed E-state index contributed by atoms with van der Waals surface area (Å²) in [6.07, 6.45) is 1.57. The predicted molar refractivity (Wildman–Crippen MR) is 69.7 cm³/mol. The molecule has 17 heavy (non-hydrogen) atoms. The highest BCUT2D eigenvalue weighted by Gasteiger charge is 2.23. The van der Waals surface area contributed by atoms with Gasteiger partial charge in [-0.3, -0.25) is 4.79 Å². The molecule has 0 spiro atoms. The van der Waals surface area contributed by atoms with Crippen molar-refractivity contribution in [2.45, 2.75) is 32.4 Å².